The molecule has 12 heteroatoms. The molecule has 2 aromatic carbocycles. The van der Waals surface area contributed by atoms with Crippen molar-refractivity contribution < 1.29 is 46.1 Å². The number of alkyl halides is 6. The third kappa shape index (κ3) is 18.4. The van der Waals surface area contributed by atoms with E-state index in [1.165, 1.54) is 12.1 Å². The molecule has 0 aromatic heterocycles. The van der Waals surface area contributed by atoms with Gasteiger partial charge in [-0.3, -0.25) is 9.59 Å². The maximum atomic E-state index is 12.0. The highest BCUT2D eigenvalue weighted by Gasteiger charge is 2.30. The Labute approximate surface area is 195 Å². The van der Waals surface area contributed by atoms with E-state index in [1.807, 2.05) is 45.2 Å². The molecule has 2 rings (SSSR count). The summed E-state index contributed by atoms with van der Waals surface area (Å²) in [6, 6.07) is 10.4. The Kier molecular flexibility index (Phi) is 14.7. The van der Waals surface area contributed by atoms with Gasteiger partial charge >= 0.3 is 12.4 Å². The van der Waals surface area contributed by atoms with Crippen molar-refractivity contribution in [2.24, 2.45) is 0 Å². The summed E-state index contributed by atoms with van der Waals surface area (Å²) in [4.78, 5) is 18.0. The molecule has 2 aromatic rings. The van der Waals surface area contributed by atoms with Crippen LogP contribution in [0.5, 0.6) is 0 Å². The van der Waals surface area contributed by atoms with E-state index in [9.17, 15) is 26.3 Å². The van der Waals surface area contributed by atoms with E-state index in [2.05, 4.69) is 0 Å². The zero-order chi connectivity index (χ0) is 24.1. The molecule has 0 spiro atoms. The van der Waals surface area contributed by atoms with E-state index in [0.29, 0.717) is 7.14 Å². The van der Waals surface area contributed by atoms with Crippen LogP contribution >= 0.6 is 45.2 Å². The summed E-state index contributed by atoms with van der Waals surface area (Å²) in [5.41, 5.74) is -1.19. The molecule has 0 radical (unpaired) electrons. The van der Waals surface area contributed by atoms with E-state index in [1.54, 1.807) is 12.1 Å². The molecule has 0 unspecified atom stereocenters. The number of benzene rings is 2. The summed E-state index contributed by atoms with van der Waals surface area (Å²) in [5.74, 6) is -1.67. The molecular weight excluding hydrogens is 648 g/mol. The minimum atomic E-state index is -4.22. The van der Waals surface area contributed by atoms with Gasteiger partial charge in [0.25, 0.3) is 11.9 Å². The van der Waals surface area contributed by atoms with Crippen molar-refractivity contribution in [1.29, 1.82) is 0 Å². The van der Waals surface area contributed by atoms with Crippen LogP contribution in [0.25, 0.3) is 0 Å². The second-order valence-electron chi connectivity index (χ2n) is 5.05. The van der Waals surface area contributed by atoms with Crippen LogP contribution in [-0.2, 0) is 21.9 Å². The van der Waals surface area contributed by atoms with Crippen molar-refractivity contribution in [2.75, 3.05) is 0 Å². The fourth-order valence-corrected chi connectivity index (χ4v) is 2.42. The SMILES string of the molecule is CC(=O)O.CC(=O)O.FC(F)(F)c1cccc(I)c1.FC(F)(F)c1cccc(I)c1. The Hall–Kier alpha value is -1.58. The lowest BCUT2D eigenvalue weighted by Crippen LogP contribution is -2.04. The Morgan fingerprint density at radius 3 is 1.07 bits per heavy atom. The van der Waals surface area contributed by atoms with Crippen LogP contribution in [0.3, 0.4) is 0 Å². The van der Waals surface area contributed by atoms with Crippen molar-refractivity contribution >= 4 is 57.1 Å². The van der Waals surface area contributed by atoms with Gasteiger partial charge in [-0.15, -0.1) is 0 Å². The van der Waals surface area contributed by atoms with Gasteiger partial charge in [0.05, 0.1) is 11.1 Å². The Morgan fingerprint density at radius 1 is 0.700 bits per heavy atom. The molecule has 4 nitrogen and oxygen atoms in total. The van der Waals surface area contributed by atoms with E-state index in [0.717, 1.165) is 38.1 Å². The largest absolute Gasteiger partial charge is 0.481 e. The minimum Gasteiger partial charge on any atom is -0.481 e. The maximum absolute atomic E-state index is 12.0. The van der Waals surface area contributed by atoms with Gasteiger partial charge in [0.2, 0.25) is 0 Å². The third-order valence-corrected chi connectivity index (χ3v) is 3.65. The zero-order valence-corrected chi connectivity index (χ0v) is 19.7. The molecule has 2 N–H and O–H groups in total. The van der Waals surface area contributed by atoms with Crippen molar-refractivity contribution in [3.63, 3.8) is 0 Å². The Bertz CT molecular complexity index is 732. The van der Waals surface area contributed by atoms with Crippen LogP contribution in [0, 0.1) is 7.14 Å². The van der Waals surface area contributed by atoms with Crippen LogP contribution in [0.2, 0.25) is 0 Å². The standard InChI is InChI=1S/2C7H4F3I.2C2H4O2/c2*8-7(9,10)5-2-1-3-6(11)4-5;2*1-2(3)4/h2*1-4H;2*1H3,(H,3,4). The van der Waals surface area contributed by atoms with E-state index >= 15 is 0 Å². The number of hydrogen-bond acceptors (Lipinski definition) is 2. The van der Waals surface area contributed by atoms with Gasteiger partial charge in [-0.05, 0) is 81.6 Å². The van der Waals surface area contributed by atoms with Gasteiger partial charge < -0.3 is 10.2 Å². The van der Waals surface area contributed by atoms with Gasteiger partial charge in [0.15, 0.2) is 0 Å². The number of carbonyl (C=O) groups is 2. The fraction of sp³-hybridized carbons (Fsp3) is 0.222. The lowest BCUT2D eigenvalue weighted by atomic mass is 10.2. The number of hydrogen-bond donors (Lipinski definition) is 2. The molecule has 0 fully saturated rings. The molecule has 30 heavy (non-hydrogen) atoms. The number of rotatable bonds is 0. The van der Waals surface area contributed by atoms with Gasteiger partial charge in [-0.2, -0.15) is 26.3 Å². The van der Waals surface area contributed by atoms with Crippen LogP contribution in [-0.4, -0.2) is 22.2 Å². The molecule has 0 aliphatic carbocycles. The van der Waals surface area contributed by atoms with E-state index in [4.69, 9.17) is 19.8 Å². The molecule has 0 aliphatic rings. The molecule has 0 saturated heterocycles. The first-order valence-corrected chi connectivity index (χ1v) is 9.67. The number of aliphatic carboxylic acids is 2. The molecule has 0 amide bonds. The average Bonchev–Trinajstić information content (AvgIpc) is 2.53. The summed E-state index contributed by atoms with van der Waals surface area (Å²) >= 11 is 3.69. The summed E-state index contributed by atoms with van der Waals surface area (Å²) in [5, 5.41) is 14.8. The first-order valence-electron chi connectivity index (χ1n) is 7.51. The molecule has 168 valence electrons. The predicted octanol–water partition coefficient (Wildman–Crippen LogP) is 6.80. The van der Waals surface area contributed by atoms with Crippen molar-refractivity contribution in [1.82, 2.24) is 0 Å². The highest BCUT2D eigenvalue weighted by molar-refractivity contribution is 14.1. The highest BCUT2D eigenvalue weighted by Crippen LogP contribution is 2.30. The van der Waals surface area contributed by atoms with Crippen molar-refractivity contribution in [3.8, 4) is 0 Å². The fourth-order valence-electron chi connectivity index (χ4n) is 1.33. The summed E-state index contributed by atoms with van der Waals surface area (Å²) < 4.78 is 73.0. The van der Waals surface area contributed by atoms with Gasteiger partial charge in [0, 0.05) is 21.0 Å². The monoisotopic (exact) mass is 664 g/mol. The molecule has 0 heterocycles. The normalized spacial score (nSPS) is 10.2. The first kappa shape index (κ1) is 30.6. The molecule has 0 aliphatic heterocycles. The van der Waals surface area contributed by atoms with E-state index < -0.39 is 35.4 Å². The molecular formula is C18H16F6I2O4. The zero-order valence-electron chi connectivity index (χ0n) is 15.4. The maximum Gasteiger partial charge on any atom is 0.416 e. The summed E-state index contributed by atoms with van der Waals surface area (Å²) in [7, 11) is 0. The van der Waals surface area contributed by atoms with Gasteiger partial charge in [0.1, 0.15) is 0 Å². The number of halogens is 8. The van der Waals surface area contributed by atoms with E-state index in [-0.39, 0.29) is 0 Å². The predicted molar refractivity (Wildman–Crippen MR) is 115 cm³/mol. The van der Waals surface area contributed by atoms with Crippen molar-refractivity contribution in [3.05, 3.63) is 66.8 Å². The molecule has 0 atom stereocenters. The highest BCUT2D eigenvalue weighted by atomic mass is 127. The average molecular weight is 664 g/mol. The molecule has 0 saturated carbocycles. The van der Waals surface area contributed by atoms with Crippen LogP contribution < -0.4 is 0 Å². The van der Waals surface area contributed by atoms with Gasteiger partial charge in [-0.25, -0.2) is 0 Å². The van der Waals surface area contributed by atoms with Gasteiger partial charge in [-0.1, -0.05) is 12.1 Å². The van der Waals surface area contributed by atoms with Crippen LogP contribution in [0.1, 0.15) is 25.0 Å². The van der Waals surface area contributed by atoms with Crippen LogP contribution in [0.4, 0.5) is 26.3 Å². The van der Waals surface area contributed by atoms with Crippen molar-refractivity contribution in [2.45, 2.75) is 26.2 Å². The third-order valence-electron chi connectivity index (χ3n) is 2.30. The Morgan fingerprint density at radius 2 is 0.933 bits per heavy atom. The second kappa shape index (κ2) is 14.4. The number of carboxylic acid groups (broad SMARTS) is 2. The second-order valence-corrected chi connectivity index (χ2v) is 7.55. The van der Waals surface area contributed by atoms with Crippen LogP contribution in [0.15, 0.2) is 48.5 Å². The first-order chi connectivity index (χ1) is 13.5. The number of carboxylic acids is 2. The lowest BCUT2D eigenvalue weighted by Gasteiger charge is -2.05. The summed E-state index contributed by atoms with van der Waals surface area (Å²) in [6.45, 7) is 2.17. The smallest absolute Gasteiger partial charge is 0.416 e. The quantitative estimate of drug-likeness (QED) is 0.240. The topological polar surface area (TPSA) is 74.6 Å². The molecule has 0 bridgehead atoms. The summed E-state index contributed by atoms with van der Waals surface area (Å²) in [6.07, 6.45) is -8.44. The Balaban J connectivity index is 0. The lowest BCUT2D eigenvalue weighted by molar-refractivity contribution is -0.138. The minimum absolute atomic E-state index is 0.593.